The van der Waals surface area contributed by atoms with Crippen LogP contribution in [0.5, 0.6) is 11.6 Å². The van der Waals surface area contributed by atoms with Crippen molar-refractivity contribution >= 4 is 18.9 Å². The molecule has 1 heterocycles. The quantitative estimate of drug-likeness (QED) is 0.556. The molecule has 1 aliphatic rings. The van der Waals surface area contributed by atoms with Gasteiger partial charge in [-0.1, -0.05) is 62.9 Å². The Morgan fingerprint density at radius 1 is 1.19 bits per heavy atom. The summed E-state index contributed by atoms with van der Waals surface area (Å²) in [5.74, 6) is 1.24. The van der Waals surface area contributed by atoms with Gasteiger partial charge in [0.25, 0.3) is 12.4 Å². The van der Waals surface area contributed by atoms with Gasteiger partial charge in [-0.25, -0.2) is 4.98 Å². The average Bonchev–Trinajstić information content (AvgIpc) is 2.83. The number of benzene rings is 1. The summed E-state index contributed by atoms with van der Waals surface area (Å²) in [6.45, 7) is 8.46. The van der Waals surface area contributed by atoms with E-state index in [1.165, 1.54) is 43.2 Å². The monoisotopic (exact) mass is 446 g/mol. The maximum absolute atomic E-state index is 8.36. The molecule has 0 aliphatic heterocycles. The Balaban J connectivity index is 0.00000124. The molecule has 178 valence electrons. The lowest BCUT2D eigenvalue weighted by Gasteiger charge is -2.24. The Morgan fingerprint density at radius 2 is 1.84 bits per heavy atom. The number of rotatable bonds is 7. The highest BCUT2D eigenvalue weighted by Crippen LogP contribution is 2.29. The number of nitrogens with one attached hydrogen (secondary N) is 1. The third-order valence-corrected chi connectivity index (χ3v) is 4.72. The highest BCUT2D eigenvalue weighted by Gasteiger charge is 2.15. The van der Waals surface area contributed by atoms with E-state index in [0.717, 1.165) is 12.1 Å². The number of anilines is 1. The number of carbonyl (C=O) groups excluding carboxylic acids is 1. The molecule has 32 heavy (non-hydrogen) atoms. The topological polar surface area (TPSA) is 97.8 Å². The minimum absolute atomic E-state index is 0.250. The van der Waals surface area contributed by atoms with E-state index in [2.05, 4.69) is 41.5 Å². The van der Waals surface area contributed by atoms with E-state index in [1.807, 2.05) is 32.9 Å². The molecule has 1 aliphatic carbocycles. The molecule has 1 fully saturated rings. The second-order valence-electron chi connectivity index (χ2n) is 6.90. The predicted molar refractivity (Wildman–Crippen MR) is 129 cm³/mol. The zero-order valence-corrected chi connectivity index (χ0v) is 19.8. The molecule has 0 amide bonds. The summed E-state index contributed by atoms with van der Waals surface area (Å²) in [5, 5.41) is 10.5. The molecule has 0 spiro atoms. The van der Waals surface area contributed by atoms with Gasteiger partial charge in [0.05, 0.1) is 25.6 Å². The lowest BCUT2D eigenvalue weighted by atomic mass is 9.95. The molecule has 1 aromatic heterocycles. The van der Waals surface area contributed by atoms with E-state index in [0.29, 0.717) is 24.3 Å². The molecule has 0 atom stereocenters. The number of methoxy groups -OCH3 is 1. The first-order valence-corrected chi connectivity index (χ1v) is 11.0. The fourth-order valence-corrected chi connectivity index (χ4v) is 3.40. The summed E-state index contributed by atoms with van der Waals surface area (Å²) in [4.78, 5) is 20.8. The number of carbonyl (C=O) groups is 2. The molecule has 0 bridgehead atoms. The number of aryl methyl sites for hydroxylation is 1. The van der Waals surface area contributed by atoms with Gasteiger partial charge in [-0.2, -0.15) is 0 Å². The standard InChI is InChI=1S/C21H28N2O2.C2H6.CH2O2.CH2O/c1-16-7-6-8-17(13-16)11-12-25-20-14-19(15-22-21(20)24-2)23-18-9-4-3-5-10-18;1-2;2-1-3;1-2/h6-8,13-15,18,23H,3-5,9-12H2,1-2H3;1-2H3;1H,(H,2,3);1H2. The molecule has 0 saturated heterocycles. The lowest BCUT2D eigenvalue weighted by Crippen LogP contribution is -2.22. The van der Waals surface area contributed by atoms with E-state index >= 15 is 0 Å². The second-order valence-corrected chi connectivity index (χ2v) is 6.90. The van der Waals surface area contributed by atoms with Crippen LogP contribution in [-0.4, -0.2) is 43.1 Å². The van der Waals surface area contributed by atoms with Crippen LogP contribution in [0, 0.1) is 6.92 Å². The first kappa shape index (κ1) is 28.9. The predicted octanol–water partition coefficient (Wildman–Crippen LogP) is 5.31. The summed E-state index contributed by atoms with van der Waals surface area (Å²) >= 11 is 0. The summed E-state index contributed by atoms with van der Waals surface area (Å²) in [6, 6.07) is 11.1. The van der Waals surface area contributed by atoms with Crippen molar-refractivity contribution < 1.29 is 24.2 Å². The fraction of sp³-hybridized carbons (Fsp3) is 0.480. The number of pyridine rings is 1. The normalized spacial score (nSPS) is 12.4. The number of hydrogen-bond acceptors (Lipinski definition) is 6. The molecule has 0 unspecified atom stereocenters. The number of aromatic nitrogens is 1. The third kappa shape index (κ3) is 11.3. The van der Waals surface area contributed by atoms with Crippen LogP contribution >= 0.6 is 0 Å². The van der Waals surface area contributed by atoms with Crippen molar-refractivity contribution in [3.8, 4) is 11.6 Å². The Morgan fingerprint density at radius 3 is 2.44 bits per heavy atom. The van der Waals surface area contributed by atoms with Crippen LogP contribution in [0.25, 0.3) is 0 Å². The Bertz CT molecular complexity index is 749. The largest absolute Gasteiger partial charge is 0.488 e. The third-order valence-electron chi connectivity index (χ3n) is 4.72. The first-order valence-electron chi connectivity index (χ1n) is 11.0. The summed E-state index contributed by atoms with van der Waals surface area (Å²) in [6.07, 6.45) is 9.13. The van der Waals surface area contributed by atoms with Crippen LogP contribution in [0.3, 0.4) is 0 Å². The highest BCUT2D eigenvalue weighted by molar-refractivity contribution is 5.50. The van der Waals surface area contributed by atoms with Gasteiger partial charge >= 0.3 is 0 Å². The van der Waals surface area contributed by atoms with Gasteiger partial charge in [-0.3, -0.25) is 4.79 Å². The van der Waals surface area contributed by atoms with E-state index < -0.39 is 0 Å². The number of carboxylic acid groups (broad SMARTS) is 1. The second kappa shape index (κ2) is 18.7. The van der Waals surface area contributed by atoms with Gasteiger partial charge in [0.2, 0.25) is 0 Å². The lowest BCUT2D eigenvalue weighted by molar-refractivity contribution is -0.122. The molecule has 0 radical (unpaired) electrons. The van der Waals surface area contributed by atoms with Crippen molar-refractivity contribution in [3.05, 3.63) is 47.7 Å². The SMILES string of the molecule is C=O.CC.COc1ncc(NC2CCCCC2)cc1OCCc1cccc(C)c1.O=CO. The Hall–Kier alpha value is -3.09. The van der Waals surface area contributed by atoms with Crippen LogP contribution in [0.1, 0.15) is 57.1 Å². The van der Waals surface area contributed by atoms with Gasteiger partial charge in [0, 0.05) is 18.5 Å². The average molecular weight is 447 g/mol. The van der Waals surface area contributed by atoms with E-state index in [-0.39, 0.29) is 6.47 Å². The summed E-state index contributed by atoms with van der Waals surface area (Å²) < 4.78 is 11.3. The number of nitrogens with zero attached hydrogens (tertiary/aromatic N) is 1. The van der Waals surface area contributed by atoms with Crippen LogP contribution in [0.2, 0.25) is 0 Å². The van der Waals surface area contributed by atoms with Crippen molar-refractivity contribution in [1.82, 2.24) is 4.98 Å². The van der Waals surface area contributed by atoms with Gasteiger partial charge in [-0.05, 0) is 25.3 Å². The Kier molecular flexibility index (Phi) is 16.9. The maximum atomic E-state index is 8.36. The van der Waals surface area contributed by atoms with E-state index in [9.17, 15) is 0 Å². The smallest absolute Gasteiger partial charge is 0.290 e. The number of ether oxygens (including phenoxy) is 2. The molecule has 3 rings (SSSR count). The van der Waals surface area contributed by atoms with Crippen LogP contribution in [0.15, 0.2) is 36.5 Å². The number of hydrogen-bond donors (Lipinski definition) is 2. The first-order chi connectivity index (χ1) is 15.7. The van der Waals surface area contributed by atoms with Crippen molar-refractivity contribution in [2.75, 3.05) is 19.0 Å². The van der Waals surface area contributed by atoms with Gasteiger partial charge in [-0.15, -0.1) is 0 Å². The fourth-order valence-electron chi connectivity index (χ4n) is 3.40. The minimum atomic E-state index is -0.250. The van der Waals surface area contributed by atoms with Crippen LogP contribution in [-0.2, 0) is 16.0 Å². The molecule has 7 heteroatoms. The molecule has 1 aromatic carbocycles. The Labute approximate surface area is 192 Å². The van der Waals surface area contributed by atoms with Gasteiger partial charge in [0.1, 0.15) is 6.79 Å². The molecule has 2 aromatic rings. The van der Waals surface area contributed by atoms with Gasteiger partial charge < -0.3 is 24.7 Å². The molecular formula is C25H38N2O5. The van der Waals surface area contributed by atoms with E-state index in [1.54, 1.807) is 7.11 Å². The van der Waals surface area contributed by atoms with Gasteiger partial charge in [0.15, 0.2) is 5.75 Å². The summed E-state index contributed by atoms with van der Waals surface area (Å²) in [5.41, 5.74) is 3.57. The molecule has 1 saturated carbocycles. The highest BCUT2D eigenvalue weighted by atomic mass is 16.5. The van der Waals surface area contributed by atoms with Crippen LogP contribution in [0.4, 0.5) is 5.69 Å². The van der Waals surface area contributed by atoms with Crippen molar-refractivity contribution in [2.24, 2.45) is 0 Å². The molecule has 7 nitrogen and oxygen atoms in total. The van der Waals surface area contributed by atoms with E-state index in [4.69, 9.17) is 24.2 Å². The van der Waals surface area contributed by atoms with Crippen molar-refractivity contribution in [1.29, 1.82) is 0 Å². The zero-order valence-electron chi connectivity index (χ0n) is 19.8. The maximum Gasteiger partial charge on any atom is 0.290 e. The molecular weight excluding hydrogens is 408 g/mol. The zero-order chi connectivity index (χ0) is 24.2. The minimum Gasteiger partial charge on any atom is -0.488 e. The van der Waals surface area contributed by atoms with Crippen molar-refractivity contribution in [3.63, 3.8) is 0 Å². The van der Waals surface area contributed by atoms with Crippen LogP contribution < -0.4 is 14.8 Å². The summed E-state index contributed by atoms with van der Waals surface area (Å²) in [7, 11) is 1.63. The molecule has 2 N–H and O–H groups in total. The van der Waals surface area contributed by atoms with Crippen molar-refractivity contribution in [2.45, 2.75) is 65.3 Å².